The molecule has 0 N–H and O–H groups in total. The van der Waals surface area contributed by atoms with E-state index < -0.39 is 25.1 Å². The zero-order valence-corrected chi connectivity index (χ0v) is 27.7. The summed E-state index contributed by atoms with van der Waals surface area (Å²) < 4.78 is 54.6. The normalized spacial score (nSPS) is 18.8. The van der Waals surface area contributed by atoms with E-state index in [-0.39, 0.29) is 41.9 Å². The lowest BCUT2D eigenvalue weighted by Gasteiger charge is -2.19. The fourth-order valence-electron chi connectivity index (χ4n) is 6.31. The molecule has 0 fully saturated rings. The van der Waals surface area contributed by atoms with Gasteiger partial charge in [-0.15, -0.1) is 22.7 Å². The Morgan fingerprint density at radius 3 is 1.36 bits per heavy atom. The van der Waals surface area contributed by atoms with Crippen LogP contribution in [0.15, 0.2) is 91.4 Å². The molecule has 0 unspecified atom stereocenters. The summed E-state index contributed by atoms with van der Waals surface area (Å²) in [5.74, 6) is 0. The van der Waals surface area contributed by atoms with Gasteiger partial charge in [0, 0.05) is 47.2 Å². The van der Waals surface area contributed by atoms with Gasteiger partial charge in [-0.05, 0) is 47.5 Å². The van der Waals surface area contributed by atoms with E-state index in [1.54, 1.807) is 36.4 Å². The van der Waals surface area contributed by atoms with Gasteiger partial charge in [0.05, 0.1) is 19.6 Å². The van der Waals surface area contributed by atoms with Crippen LogP contribution >= 0.6 is 22.7 Å². The lowest BCUT2D eigenvalue weighted by atomic mass is 9.84. The highest BCUT2D eigenvalue weighted by atomic mass is 32.2. The number of rotatable bonds is 2. The van der Waals surface area contributed by atoms with Gasteiger partial charge < -0.3 is 0 Å². The van der Waals surface area contributed by atoms with E-state index in [1.807, 2.05) is 50.3 Å². The Hall–Kier alpha value is -5.34. The quantitative estimate of drug-likeness (QED) is 0.197. The van der Waals surface area contributed by atoms with Crippen LogP contribution in [0.4, 0.5) is 0 Å². The minimum Gasteiger partial charge on any atom is -0.218 e. The molecule has 0 amide bonds. The molecule has 0 saturated carbocycles. The number of nitrogens with zero attached hydrogens (tertiary/aromatic N) is 4. The molecule has 0 radical (unpaired) electrons. The summed E-state index contributed by atoms with van der Waals surface area (Å²) >= 11 is 2.73. The first kappa shape index (κ1) is 30.3. The van der Waals surface area contributed by atoms with Crippen molar-refractivity contribution >= 4 is 65.6 Å². The summed E-state index contributed by atoms with van der Waals surface area (Å²) in [6.07, 6.45) is 3.03. The van der Waals surface area contributed by atoms with Crippen molar-refractivity contribution in [3.63, 3.8) is 0 Å². The highest BCUT2D eigenvalue weighted by Crippen LogP contribution is 2.57. The summed E-state index contributed by atoms with van der Waals surface area (Å²) in [6, 6.07) is 23.8. The van der Waals surface area contributed by atoms with Gasteiger partial charge in [-0.3, -0.25) is 0 Å². The van der Waals surface area contributed by atoms with Crippen molar-refractivity contribution in [1.29, 1.82) is 21.0 Å². The van der Waals surface area contributed by atoms with Crippen LogP contribution in [0.5, 0.6) is 0 Å². The van der Waals surface area contributed by atoms with Gasteiger partial charge in [0.25, 0.3) is 0 Å². The van der Waals surface area contributed by atoms with Crippen molar-refractivity contribution in [2.24, 2.45) is 0 Å². The van der Waals surface area contributed by atoms with Crippen molar-refractivity contribution in [3.8, 4) is 34.0 Å². The second-order valence-corrected chi connectivity index (χ2v) is 17.3. The van der Waals surface area contributed by atoms with E-state index >= 15 is 0 Å². The highest BCUT2D eigenvalue weighted by molar-refractivity contribution is 7.97. The fourth-order valence-corrected chi connectivity index (χ4v) is 12.6. The zero-order chi connectivity index (χ0) is 33.5. The lowest BCUT2D eigenvalue weighted by Crippen LogP contribution is -2.13. The summed E-state index contributed by atoms with van der Waals surface area (Å²) in [5.41, 5.74) is 1.62. The van der Waals surface area contributed by atoms with Crippen LogP contribution in [0, 0.1) is 45.3 Å². The summed E-state index contributed by atoms with van der Waals surface area (Å²) in [6.45, 7) is 4.05. The number of thiophene rings is 2. The predicted octanol–water partition coefficient (Wildman–Crippen LogP) is 7.37. The Morgan fingerprint density at radius 2 is 1.00 bits per heavy atom. The van der Waals surface area contributed by atoms with Gasteiger partial charge in [0.1, 0.15) is 35.4 Å². The topological polar surface area (TPSA) is 163 Å². The predicted molar refractivity (Wildman–Crippen MR) is 179 cm³/mol. The molecule has 3 aliphatic rings. The number of nitriles is 4. The number of hydrogen-bond acceptors (Lipinski definition) is 10. The molecule has 226 valence electrons. The number of benzene rings is 2. The van der Waals surface area contributed by atoms with E-state index in [4.69, 9.17) is 0 Å². The Bertz CT molecular complexity index is 2460. The molecule has 4 aromatic rings. The van der Waals surface area contributed by atoms with Gasteiger partial charge in [-0.2, -0.15) is 21.0 Å². The average Bonchev–Trinajstić information content (AvgIpc) is 3.81. The van der Waals surface area contributed by atoms with Gasteiger partial charge in [0.2, 0.25) is 19.7 Å². The molecule has 2 aromatic carbocycles. The van der Waals surface area contributed by atoms with Crippen molar-refractivity contribution in [2.45, 2.75) is 29.1 Å². The van der Waals surface area contributed by atoms with Crippen molar-refractivity contribution in [1.82, 2.24) is 0 Å². The third-order valence-corrected chi connectivity index (χ3v) is 14.5. The van der Waals surface area contributed by atoms with Crippen LogP contribution in [0.3, 0.4) is 0 Å². The maximum atomic E-state index is 13.6. The third kappa shape index (κ3) is 4.17. The summed E-state index contributed by atoms with van der Waals surface area (Å²) in [5, 5.41) is 38.7. The standard InChI is InChI=1S/C35H18N4O4S4/c1-35(2)25-11-21(13-29-31(19(15-36)16-37)23-7-3-5-9-27(23)46(29,40)41)44-33(25)34-26(35)12-22(45-34)14-30-32(20(17-38)18-39)24-8-4-6-10-28(24)47(30,42)43/h3-14H,1-2H3/b29-13-,30-14-. The Morgan fingerprint density at radius 1 is 0.638 bits per heavy atom. The molecule has 7 rings (SSSR count). The third-order valence-electron chi connectivity index (χ3n) is 8.51. The van der Waals surface area contributed by atoms with E-state index in [1.165, 1.54) is 47.0 Å². The SMILES string of the molecule is CC1(C)c2cc(/C=C3/C(=C(C#N)C#N)c4ccccc4S3(=O)=O)sc2-c2sc(/C=C3/C(=C(C#N)C#N)c4ccccc4S3(=O)=O)cc21. The first-order chi connectivity index (χ1) is 22.4. The van der Waals surface area contributed by atoms with Gasteiger partial charge in [0.15, 0.2) is 0 Å². The zero-order valence-electron chi connectivity index (χ0n) is 24.5. The molecule has 0 saturated heterocycles. The Balaban J connectivity index is 1.38. The van der Waals surface area contributed by atoms with Crippen molar-refractivity contribution in [3.05, 3.63) is 114 Å². The number of sulfone groups is 2. The van der Waals surface area contributed by atoms with Crippen molar-refractivity contribution in [2.75, 3.05) is 0 Å². The highest BCUT2D eigenvalue weighted by Gasteiger charge is 2.42. The van der Waals surface area contributed by atoms with E-state index in [0.717, 1.165) is 20.9 Å². The molecule has 12 heteroatoms. The Kier molecular flexibility index (Phi) is 6.67. The molecule has 1 aliphatic carbocycles. The lowest BCUT2D eigenvalue weighted by molar-refractivity contribution is 0.603. The molecule has 0 spiro atoms. The maximum Gasteiger partial charge on any atom is 0.207 e. The van der Waals surface area contributed by atoms with Crippen LogP contribution < -0.4 is 0 Å². The Labute approximate surface area is 278 Å². The molecule has 4 heterocycles. The number of hydrogen-bond donors (Lipinski definition) is 0. The first-order valence-corrected chi connectivity index (χ1v) is 18.5. The van der Waals surface area contributed by atoms with Crippen LogP contribution in [0.25, 0.3) is 33.1 Å². The molecule has 0 bridgehead atoms. The average molecular weight is 687 g/mol. The smallest absolute Gasteiger partial charge is 0.207 e. The van der Waals surface area contributed by atoms with E-state index in [2.05, 4.69) is 0 Å². The fraction of sp³-hybridized carbons (Fsp3) is 0.0857. The molecule has 0 atom stereocenters. The second kappa shape index (κ2) is 10.3. The molecule has 2 aliphatic heterocycles. The van der Waals surface area contributed by atoms with E-state index in [9.17, 15) is 37.9 Å². The van der Waals surface area contributed by atoms with Gasteiger partial charge in [-0.1, -0.05) is 50.2 Å². The van der Waals surface area contributed by atoms with Crippen LogP contribution in [-0.4, -0.2) is 16.8 Å². The van der Waals surface area contributed by atoms with Crippen molar-refractivity contribution < 1.29 is 16.8 Å². The monoisotopic (exact) mass is 686 g/mol. The van der Waals surface area contributed by atoms with Crippen LogP contribution in [0.2, 0.25) is 0 Å². The van der Waals surface area contributed by atoms with E-state index in [0.29, 0.717) is 20.9 Å². The number of fused-ring (bicyclic) bond motifs is 5. The minimum absolute atomic E-state index is 0.0419. The minimum atomic E-state index is -4.00. The number of allylic oxidation sites excluding steroid dienone is 4. The molecule has 47 heavy (non-hydrogen) atoms. The summed E-state index contributed by atoms with van der Waals surface area (Å²) in [4.78, 5) is 2.90. The first-order valence-electron chi connectivity index (χ1n) is 13.9. The largest absolute Gasteiger partial charge is 0.218 e. The van der Waals surface area contributed by atoms with Gasteiger partial charge in [-0.25, -0.2) is 16.8 Å². The molecule has 8 nitrogen and oxygen atoms in total. The van der Waals surface area contributed by atoms with Gasteiger partial charge >= 0.3 is 0 Å². The molecular weight excluding hydrogens is 669 g/mol. The molecular formula is C35H18N4O4S4. The summed E-state index contributed by atoms with van der Waals surface area (Å²) in [7, 11) is -8.01. The van der Waals surface area contributed by atoms with Crippen LogP contribution in [0.1, 0.15) is 45.9 Å². The maximum absolute atomic E-state index is 13.6. The second-order valence-electron chi connectivity index (χ2n) is 11.4. The van der Waals surface area contributed by atoms with Crippen LogP contribution in [-0.2, 0) is 25.1 Å². The molecule has 2 aromatic heterocycles.